The van der Waals surface area contributed by atoms with Crippen LogP contribution in [-0.4, -0.2) is 23.0 Å². The third kappa shape index (κ3) is 3.57. The summed E-state index contributed by atoms with van der Waals surface area (Å²) in [6.45, 7) is 1.40. The van der Waals surface area contributed by atoms with E-state index in [-0.39, 0.29) is 12.3 Å². The van der Waals surface area contributed by atoms with Gasteiger partial charge in [0, 0.05) is 13.0 Å². The second-order valence-corrected chi connectivity index (χ2v) is 4.84. The molecule has 0 aliphatic rings. The second-order valence-electron chi connectivity index (χ2n) is 4.84. The first-order valence-corrected chi connectivity index (χ1v) is 6.52. The highest BCUT2D eigenvalue weighted by molar-refractivity contribution is 5.86. The maximum absolute atomic E-state index is 11.2. The fourth-order valence-electron chi connectivity index (χ4n) is 2.41. The average molecular weight is 271 g/mol. The monoisotopic (exact) mass is 271 g/mol. The zero-order chi connectivity index (χ0) is 14.5. The van der Waals surface area contributed by atoms with Crippen LogP contribution >= 0.6 is 0 Å². The summed E-state index contributed by atoms with van der Waals surface area (Å²) in [5, 5.41) is 13.8. The molecular weight excluding hydrogens is 254 g/mol. The Balaban J connectivity index is 2.27. The number of amides is 1. The molecule has 20 heavy (non-hydrogen) atoms. The highest BCUT2D eigenvalue weighted by Gasteiger charge is 2.16. The smallest absolute Gasteiger partial charge is 0.305 e. The minimum Gasteiger partial charge on any atom is -0.481 e. The third-order valence-corrected chi connectivity index (χ3v) is 3.17. The Morgan fingerprint density at radius 3 is 2.55 bits per heavy atom. The number of carbonyl (C=O) groups is 2. The number of carboxylic acids is 1. The molecule has 1 atom stereocenters. The summed E-state index contributed by atoms with van der Waals surface area (Å²) in [4.78, 5) is 22.1. The standard InChI is InChI=1S/C16H17NO3/c1-11(18)17-14(10-16(19)20)9-13-7-4-6-12-5-2-3-8-15(12)13/h2-8,14H,9-10H2,1H3,(H,17,18)(H,19,20)/t14-/m1/s1. The number of hydrogen-bond donors (Lipinski definition) is 2. The molecular formula is C16H17NO3. The van der Waals surface area contributed by atoms with Gasteiger partial charge in [0.25, 0.3) is 0 Å². The summed E-state index contributed by atoms with van der Waals surface area (Å²) in [5.41, 5.74) is 1.04. The minimum absolute atomic E-state index is 0.0806. The molecule has 0 fully saturated rings. The molecule has 0 radical (unpaired) electrons. The Morgan fingerprint density at radius 2 is 1.85 bits per heavy atom. The van der Waals surface area contributed by atoms with Gasteiger partial charge >= 0.3 is 5.97 Å². The van der Waals surface area contributed by atoms with Gasteiger partial charge in [0.1, 0.15) is 0 Å². The van der Waals surface area contributed by atoms with Gasteiger partial charge in [-0.3, -0.25) is 9.59 Å². The first-order chi connectivity index (χ1) is 9.56. The number of fused-ring (bicyclic) bond motifs is 1. The van der Waals surface area contributed by atoms with Gasteiger partial charge in [-0.25, -0.2) is 0 Å². The van der Waals surface area contributed by atoms with Crippen molar-refractivity contribution in [2.24, 2.45) is 0 Å². The quantitative estimate of drug-likeness (QED) is 0.877. The first kappa shape index (κ1) is 14.1. The fourth-order valence-corrected chi connectivity index (χ4v) is 2.41. The Labute approximate surface area is 117 Å². The van der Waals surface area contributed by atoms with Gasteiger partial charge in [-0.2, -0.15) is 0 Å². The molecule has 0 saturated carbocycles. The molecule has 0 aliphatic heterocycles. The van der Waals surface area contributed by atoms with E-state index in [9.17, 15) is 9.59 Å². The van der Waals surface area contributed by atoms with Crippen molar-refractivity contribution in [2.45, 2.75) is 25.8 Å². The van der Waals surface area contributed by atoms with Crippen LogP contribution in [0.25, 0.3) is 10.8 Å². The minimum atomic E-state index is -0.913. The van der Waals surface area contributed by atoms with E-state index in [1.54, 1.807) is 0 Å². The Morgan fingerprint density at radius 1 is 1.15 bits per heavy atom. The van der Waals surface area contributed by atoms with Crippen molar-refractivity contribution in [3.63, 3.8) is 0 Å². The van der Waals surface area contributed by atoms with E-state index >= 15 is 0 Å². The zero-order valence-corrected chi connectivity index (χ0v) is 11.3. The van der Waals surface area contributed by atoms with Crippen LogP contribution in [0.5, 0.6) is 0 Å². The van der Waals surface area contributed by atoms with Crippen LogP contribution in [0.1, 0.15) is 18.9 Å². The Hall–Kier alpha value is -2.36. The van der Waals surface area contributed by atoms with Crippen molar-refractivity contribution >= 4 is 22.6 Å². The highest BCUT2D eigenvalue weighted by atomic mass is 16.4. The molecule has 0 aliphatic carbocycles. The molecule has 1 amide bonds. The summed E-state index contributed by atoms with van der Waals surface area (Å²) in [7, 11) is 0. The van der Waals surface area contributed by atoms with E-state index in [0.29, 0.717) is 6.42 Å². The predicted octanol–water partition coefficient (Wildman–Crippen LogP) is 2.36. The van der Waals surface area contributed by atoms with Gasteiger partial charge in [-0.05, 0) is 22.8 Å². The van der Waals surface area contributed by atoms with E-state index < -0.39 is 12.0 Å². The lowest BCUT2D eigenvalue weighted by Gasteiger charge is -2.17. The van der Waals surface area contributed by atoms with Gasteiger partial charge in [-0.1, -0.05) is 42.5 Å². The molecule has 4 heteroatoms. The largest absolute Gasteiger partial charge is 0.481 e. The number of benzene rings is 2. The maximum Gasteiger partial charge on any atom is 0.305 e. The molecule has 0 heterocycles. The molecule has 0 bridgehead atoms. The van der Waals surface area contributed by atoms with E-state index in [1.807, 2.05) is 42.5 Å². The average Bonchev–Trinajstić information content (AvgIpc) is 2.37. The van der Waals surface area contributed by atoms with Crippen LogP contribution < -0.4 is 5.32 Å². The molecule has 0 saturated heterocycles. The van der Waals surface area contributed by atoms with Crippen LogP contribution in [0.15, 0.2) is 42.5 Å². The molecule has 104 valence electrons. The molecule has 2 aromatic carbocycles. The van der Waals surface area contributed by atoms with Crippen molar-refractivity contribution in [1.29, 1.82) is 0 Å². The van der Waals surface area contributed by atoms with Crippen molar-refractivity contribution in [3.05, 3.63) is 48.0 Å². The number of nitrogens with one attached hydrogen (secondary N) is 1. The van der Waals surface area contributed by atoms with Crippen LogP contribution in [-0.2, 0) is 16.0 Å². The number of carbonyl (C=O) groups excluding carboxylic acids is 1. The lowest BCUT2D eigenvalue weighted by Crippen LogP contribution is -2.36. The molecule has 2 N–H and O–H groups in total. The zero-order valence-electron chi connectivity index (χ0n) is 11.3. The normalized spacial score (nSPS) is 12.1. The third-order valence-electron chi connectivity index (χ3n) is 3.17. The number of aliphatic carboxylic acids is 1. The van der Waals surface area contributed by atoms with E-state index in [4.69, 9.17) is 5.11 Å². The highest BCUT2D eigenvalue weighted by Crippen LogP contribution is 2.20. The molecule has 2 rings (SSSR count). The SMILES string of the molecule is CC(=O)N[C@@H](CC(=O)O)Cc1cccc2ccccc12. The number of carboxylic acid groups (broad SMARTS) is 1. The maximum atomic E-state index is 11.2. The van der Waals surface area contributed by atoms with E-state index in [1.165, 1.54) is 6.92 Å². The molecule has 4 nitrogen and oxygen atoms in total. The van der Waals surface area contributed by atoms with Crippen molar-refractivity contribution in [2.75, 3.05) is 0 Å². The molecule has 0 unspecified atom stereocenters. The van der Waals surface area contributed by atoms with Gasteiger partial charge < -0.3 is 10.4 Å². The summed E-state index contributed by atoms with van der Waals surface area (Å²) in [5.74, 6) is -1.12. The summed E-state index contributed by atoms with van der Waals surface area (Å²) in [6, 6.07) is 13.5. The summed E-state index contributed by atoms with van der Waals surface area (Å²) < 4.78 is 0. The van der Waals surface area contributed by atoms with E-state index in [0.717, 1.165) is 16.3 Å². The van der Waals surface area contributed by atoms with Crippen LogP contribution in [0.4, 0.5) is 0 Å². The van der Waals surface area contributed by atoms with Gasteiger partial charge in [-0.15, -0.1) is 0 Å². The summed E-state index contributed by atoms with van der Waals surface area (Å²) >= 11 is 0. The second kappa shape index (κ2) is 6.19. The van der Waals surface area contributed by atoms with Gasteiger partial charge in [0.15, 0.2) is 0 Å². The first-order valence-electron chi connectivity index (χ1n) is 6.52. The van der Waals surface area contributed by atoms with Gasteiger partial charge in [0.05, 0.1) is 6.42 Å². The Bertz CT molecular complexity index is 615. The van der Waals surface area contributed by atoms with Crippen LogP contribution in [0, 0.1) is 0 Å². The predicted molar refractivity (Wildman–Crippen MR) is 77.5 cm³/mol. The molecule has 2 aromatic rings. The van der Waals surface area contributed by atoms with Crippen molar-refractivity contribution in [3.8, 4) is 0 Å². The number of rotatable bonds is 5. The van der Waals surface area contributed by atoms with Gasteiger partial charge in [0.2, 0.25) is 5.91 Å². The number of hydrogen-bond acceptors (Lipinski definition) is 2. The lowest BCUT2D eigenvalue weighted by molar-refractivity contribution is -0.137. The fraction of sp³-hybridized carbons (Fsp3) is 0.250. The van der Waals surface area contributed by atoms with E-state index in [2.05, 4.69) is 5.32 Å². The van der Waals surface area contributed by atoms with Crippen LogP contribution in [0.3, 0.4) is 0 Å². The Kier molecular flexibility index (Phi) is 4.35. The van der Waals surface area contributed by atoms with Crippen molar-refractivity contribution < 1.29 is 14.7 Å². The van der Waals surface area contributed by atoms with Crippen molar-refractivity contribution in [1.82, 2.24) is 5.32 Å². The lowest BCUT2D eigenvalue weighted by atomic mass is 9.97. The molecule has 0 spiro atoms. The molecule has 0 aromatic heterocycles. The summed E-state index contributed by atoms with van der Waals surface area (Å²) in [6.07, 6.45) is 0.427. The topological polar surface area (TPSA) is 66.4 Å². The van der Waals surface area contributed by atoms with Crippen LogP contribution in [0.2, 0.25) is 0 Å².